The Morgan fingerprint density at radius 1 is 1.37 bits per heavy atom. The van der Waals surface area contributed by atoms with E-state index in [1.807, 2.05) is 12.3 Å². The third-order valence-electron chi connectivity index (χ3n) is 2.52. The van der Waals surface area contributed by atoms with Crippen molar-refractivity contribution in [3.8, 4) is 0 Å². The number of aliphatic hydroxyl groups is 1. The zero-order chi connectivity index (χ0) is 14.0. The van der Waals surface area contributed by atoms with Crippen LogP contribution >= 0.6 is 11.3 Å². The molecule has 1 N–H and O–H groups in total. The number of hydrogen-bond acceptors (Lipinski definition) is 4. The van der Waals surface area contributed by atoms with Crippen molar-refractivity contribution in [3.05, 3.63) is 45.7 Å². The van der Waals surface area contributed by atoms with Crippen LogP contribution in [0.3, 0.4) is 0 Å². The van der Waals surface area contributed by atoms with Crippen LogP contribution in [0.15, 0.2) is 23.7 Å². The largest absolute Gasteiger partial charge is 0.417 e. The minimum atomic E-state index is -4.41. The lowest BCUT2D eigenvalue weighted by Crippen LogP contribution is -2.09. The number of rotatable bonds is 3. The van der Waals surface area contributed by atoms with Gasteiger partial charge < -0.3 is 5.11 Å². The maximum Gasteiger partial charge on any atom is 0.417 e. The van der Waals surface area contributed by atoms with E-state index in [0.29, 0.717) is 5.69 Å². The van der Waals surface area contributed by atoms with E-state index in [0.717, 1.165) is 17.3 Å². The molecule has 0 spiro atoms. The summed E-state index contributed by atoms with van der Waals surface area (Å²) in [6, 6.07) is 2.10. The lowest BCUT2D eigenvalue weighted by molar-refractivity contribution is -0.137. The van der Waals surface area contributed by atoms with Crippen LogP contribution in [0.5, 0.6) is 0 Å². The van der Waals surface area contributed by atoms with E-state index in [9.17, 15) is 18.3 Å². The van der Waals surface area contributed by atoms with Crippen molar-refractivity contribution < 1.29 is 18.3 Å². The number of hydrogen-bond donors (Lipinski definition) is 1. The van der Waals surface area contributed by atoms with E-state index in [-0.39, 0.29) is 12.1 Å². The summed E-state index contributed by atoms with van der Waals surface area (Å²) in [5.74, 6) is 0. The maximum absolute atomic E-state index is 12.4. The maximum atomic E-state index is 12.4. The molecule has 0 aliphatic carbocycles. The van der Waals surface area contributed by atoms with Crippen molar-refractivity contribution in [2.45, 2.75) is 25.6 Å². The summed E-state index contributed by atoms with van der Waals surface area (Å²) in [7, 11) is 0. The number of halogens is 3. The molecule has 0 aliphatic rings. The highest BCUT2D eigenvalue weighted by Crippen LogP contribution is 2.29. The fourth-order valence-corrected chi connectivity index (χ4v) is 2.20. The average Bonchev–Trinajstić information content (AvgIpc) is 2.74. The number of nitrogens with zero attached hydrogens (tertiary/aromatic N) is 2. The van der Waals surface area contributed by atoms with Crippen LogP contribution in [0.2, 0.25) is 0 Å². The summed E-state index contributed by atoms with van der Waals surface area (Å²) in [4.78, 5) is 7.84. The Kier molecular flexibility index (Phi) is 3.86. The lowest BCUT2D eigenvalue weighted by atomic mass is 10.1. The highest BCUT2D eigenvalue weighted by atomic mass is 32.1. The highest BCUT2D eigenvalue weighted by molar-refractivity contribution is 7.09. The first-order chi connectivity index (χ1) is 8.86. The molecule has 0 aliphatic heterocycles. The third kappa shape index (κ3) is 3.51. The second-order valence-electron chi connectivity index (χ2n) is 4.05. The van der Waals surface area contributed by atoms with Crippen molar-refractivity contribution in [2.24, 2.45) is 0 Å². The normalized spacial score (nSPS) is 13.5. The standard InChI is InChI=1S/C12H11F3N2OS/c1-7-17-9(6-19-7)4-11(18)10-3-2-8(5-16-10)12(13,14)15/h2-3,5-6,11,18H,4H2,1H3. The van der Waals surface area contributed by atoms with E-state index in [1.165, 1.54) is 17.4 Å². The van der Waals surface area contributed by atoms with E-state index < -0.39 is 17.8 Å². The third-order valence-corrected chi connectivity index (χ3v) is 3.35. The van der Waals surface area contributed by atoms with Gasteiger partial charge in [0.15, 0.2) is 0 Å². The van der Waals surface area contributed by atoms with E-state index in [1.54, 1.807) is 0 Å². The molecule has 2 rings (SSSR count). The van der Waals surface area contributed by atoms with Crippen molar-refractivity contribution in [2.75, 3.05) is 0 Å². The van der Waals surface area contributed by atoms with Crippen LogP contribution in [-0.2, 0) is 12.6 Å². The van der Waals surface area contributed by atoms with Crippen LogP contribution in [0, 0.1) is 6.92 Å². The summed E-state index contributed by atoms with van der Waals surface area (Å²) in [5.41, 5.74) is 0.0864. The lowest BCUT2D eigenvalue weighted by Gasteiger charge is -2.10. The van der Waals surface area contributed by atoms with Crippen LogP contribution in [0.1, 0.15) is 28.1 Å². The average molecular weight is 288 g/mol. The molecule has 7 heteroatoms. The van der Waals surface area contributed by atoms with E-state index >= 15 is 0 Å². The van der Waals surface area contributed by atoms with Crippen molar-refractivity contribution in [1.29, 1.82) is 0 Å². The zero-order valence-electron chi connectivity index (χ0n) is 9.98. The molecule has 19 heavy (non-hydrogen) atoms. The van der Waals surface area contributed by atoms with Crippen molar-refractivity contribution in [1.82, 2.24) is 9.97 Å². The number of thiazole rings is 1. The zero-order valence-corrected chi connectivity index (χ0v) is 10.8. The first kappa shape index (κ1) is 14.0. The Labute approximate surface area is 111 Å². The van der Waals surface area contributed by atoms with Gasteiger partial charge in [0.05, 0.1) is 22.0 Å². The predicted molar refractivity (Wildman–Crippen MR) is 64.8 cm³/mol. The number of aryl methyl sites for hydroxylation is 1. The predicted octanol–water partition coefficient (Wildman–Crippen LogP) is 3.14. The van der Waals surface area contributed by atoms with Gasteiger partial charge in [-0.2, -0.15) is 13.2 Å². The Morgan fingerprint density at radius 2 is 2.11 bits per heavy atom. The van der Waals surface area contributed by atoms with Crippen LogP contribution < -0.4 is 0 Å². The van der Waals surface area contributed by atoms with Gasteiger partial charge in [-0.1, -0.05) is 0 Å². The SMILES string of the molecule is Cc1nc(CC(O)c2ccc(C(F)(F)F)cn2)cs1. The number of pyridine rings is 1. The molecule has 1 atom stereocenters. The smallest absolute Gasteiger partial charge is 0.386 e. The second-order valence-corrected chi connectivity index (χ2v) is 5.11. The van der Waals surface area contributed by atoms with E-state index in [4.69, 9.17) is 0 Å². The molecule has 0 amide bonds. The summed E-state index contributed by atoms with van der Waals surface area (Å²) < 4.78 is 37.1. The molecule has 2 aromatic heterocycles. The Balaban J connectivity index is 2.09. The molecule has 2 heterocycles. The van der Waals surface area contributed by atoms with Crippen molar-refractivity contribution in [3.63, 3.8) is 0 Å². The molecule has 3 nitrogen and oxygen atoms in total. The van der Waals surface area contributed by atoms with Gasteiger partial charge in [-0.25, -0.2) is 4.98 Å². The molecule has 0 bridgehead atoms. The van der Waals surface area contributed by atoms with Gasteiger partial charge in [0.25, 0.3) is 0 Å². The second kappa shape index (κ2) is 5.26. The summed E-state index contributed by atoms with van der Waals surface area (Å²) >= 11 is 1.46. The highest BCUT2D eigenvalue weighted by Gasteiger charge is 2.30. The Hall–Kier alpha value is -1.47. The monoisotopic (exact) mass is 288 g/mol. The van der Waals surface area contributed by atoms with Crippen LogP contribution in [0.4, 0.5) is 13.2 Å². The molecule has 1 unspecified atom stereocenters. The molecule has 0 fully saturated rings. The van der Waals surface area contributed by atoms with Gasteiger partial charge in [0.1, 0.15) is 6.10 Å². The van der Waals surface area contributed by atoms with Gasteiger partial charge in [-0.05, 0) is 19.1 Å². The molecule has 0 aromatic carbocycles. The van der Waals surface area contributed by atoms with Crippen molar-refractivity contribution >= 4 is 11.3 Å². The minimum absolute atomic E-state index is 0.207. The Morgan fingerprint density at radius 3 is 2.58 bits per heavy atom. The molecular weight excluding hydrogens is 277 g/mol. The molecule has 2 aromatic rings. The van der Waals surface area contributed by atoms with Gasteiger partial charge in [0.2, 0.25) is 0 Å². The summed E-state index contributed by atoms with van der Waals surface area (Å²) in [6.07, 6.45) is -4.40. The number of alkyl halides is 3. The number of aromatic nitrogens is 2. The van der Waals surface area contributed by atoms with E-state index in [2.05, 4.69) is 9.97 Å². The molecule has 0 saturated carbocycles. The molecule has 0 radical (unpaired) electrons. The minimum Gasteiger partial charge on any atom is -0.386 e. The fourth-order valence-electron chi connectivity index (χ4n) is 1.57. The van der Waals surface area contributed by atoms with Gasteiger partial charge >= 0.3 is 6.18 Å². The van der Waals surface area contributed by atoms with Gasteiger partial charge in [-0.3, -0.25) is 4.98 Å². The summed E-state index contributed by atoms with van der Waals surface area (Å²) in [5, 5.41) is 12.6. The topological polar surface area (TPSA) is 46.0 Å². The summed E-state index contributed by atoms with van der Waals surface area (Å²) in [6.45, 7) is 1.84. The van der Waals surface area contributed by atoms with Gasteiger partial charge in [0, 0.05) is 18.0 Å². The quantitative estimate of drug-likeness (QED) is 0.943. The Bertz CT molecular complexity index is 551. The fraction of sp³-hybridized carbons (Fsp3) is 0.333. The molecular formula is C12H11F3N2OS. The van der Waals surface area contributed by atoms with Crippen LogP contribution in [-0.4, -0.2) is 15.1 Å². The number of aliphatic hydroxyl groups excluding tert-OH is 1. The first-order valence-corrected chi connectivity index (χ1v) is 6.36. The van der Waals surface area contributed by atoms with Gasteiger partial charge in [-0.15, -0.1) is 11.3 Å². The first-order valence-electron chi connectivity index (χ1n) is 5.48. The molecule has 102 valence electrons. The van der Waals surface area contributed by atoms with Crippen LogP contribution in [0.25, 0.3) is 0 Å². The molecule has 0 saturated heterocycles.